The van der Waals surface area contributed by atoms with E-state index in [-0.39, 0.29) is 18.6 Å². The summed E-state index contributed by atoms with van der Waals surface area (Å²) >= 11 is 0. The van der Waals surface area contributed by atoms with E-state index in [4.69, 9.17) is 9.84 Å². The largest absolute Gasteiger partial charge is 0.396 e. The van der Waals surface area contributed by atoms with Gasteiger partial charge in [-0.2, -0.15) is 0 Å². The highest BCUT2D eigenvalue weighted by Crippen LogP contribution is 2.07. The number of hydrogen-bond acceptors (Lipinski definition) is 3. The normalized spacial score (nSPS) is 12.2. The van der Waals surface area contributed by atoms with Crippen LogP contribution in [0.2, 0.25) is 0 Å². The van der Waals surface area contributed by atoms with Gasteiger partial charge in [0, 0.05) is 19.3 Å². The van der Waals surface area contributed by atoms with Gasteiger partial charge in [0.15, 0.2) is 0 Å². The molecule has 0 aliphatic carbocycles. The SMILES string of the molecule is COCC(CCO)NC(=O)c1ccccc1C. The lowest BCUT2D eigenvalue weighted by Crippen LogP contribution is -2.38. The minimum atomic E-state index is -0.155. The zero-order valence-corrected chi connectivity index (χ0v) is 10.3. The van der Waals surface area contributed by atoms with Crippen LogP contribution in [0.15, 0.2) is 24.3 Å². The van der Waals surface area contributed by atoms with Crippen LogP contribution >= 0.6 is 0 Å². The Balaban J connectivity index is 2.67. The summed E-state index contributed by atoms with van der Waals surface area (Å²) in [4.78, 5) is 12.0. The van der Waals surface area contributed by atoms with Crippen molar-refractivity contribution in [3.05, 3.63) is 35.4 Å². The summed E-state index contributed by atoms with van der Waals surface area (Å²) < 4.78 is 5.00. The number of carbonyl (C=O) groups is 1. The first kappa shape index (κ1) is 13.7. The summed E-state index contributed by atoms with van der Waals surface area (Å²) in [5, 5.41) is 11.7. The highest BCUT2D eigenvalue weighted by Gasteiger charge is 2.14. The molecule has 0 saturated carbocycles. The topological polar surface area (TPSA) is 58.6 Å². The van der Waals surface area contributed by atoms with E-state index in [0.717, 1.165) is 5.56 Å². The second kappa shape index (κ2) is 7.04. The smallest absolute Gasteiger partial charge is 0.251 e. The lowest BCUT2D eigenvalue weighted by molar-refractivity contribution is 0.0878. The molecule has 0 heterocycles. The van der Waals surface area contributed by atoms with Crippen LogP contribution in [0.3, 0.4) is 0 Å². The third-order valence-electron chi connectivity index (χ3n) is 2.57. The number of ether oxygens (including phenoxy) is 1. The Morgan fingerprint density at radius 2 is 2.18 bits per heavy atom. The second-order valence-corrected chi connectivity index (χ2v) is 3.95. The van der Waals surface area contributed by atoms with Crippen molar-refractivity contribution in [3.8, 4) is 0 Å². The number of nitrogens with one attached hydrogen (secondary N) is 1. The Labute approximate surface area is 102 Å². The molecule has 0 aliphatic heterocycles. The van der Waals surface area contributed by atoms with Crippen molar-refractivity contribution in [3.63, 3.8) is 0 Å². The van der Waals surface area contributed by atoms with Crippen molar-refractivity contribution >= 4 is 5.91 Å². The summed E-state index contributed by atoms with van der Waals surface area (Å²) in [7, 11) is 1.57. The van der Waals surface area contributed by atoms with Crippen molar-refractivity contribution in [2.75, 3.05) is 20.3 Å². The molecule has 0 bridgehead atoms. The molecular formula is C13H19NO3. The lowest BCUT2D eigenvalue weighted by atomic mass is 10.1. The number of carbonyl (C=O) groups excluding carboxylic acids is 1. The van der Waals surface area contributed by atoms with Crippen molar-refractivity contribution in [2.45, 2.75) is 19.4 Å². The second-order valence-electron chi connectivity index (χ2n) is 3.95. The zero-order chi connectivity index (χ0) is 12.7. The first-order chi connectivity index (χ1) is 8.19. The Morgan fingerprint density at radius 3 is 2.76 bits per heavy atom. The standard InChI is InChI=1S/C13H19NO3/c1-10-5-3-4-6-12(10)13(16)14-11(7-8-15)9-17-2/h3-6,11,15H,7-9H2,1-2H3,(H,14,16). The highest BCUT2D eigenvalue weighted by molar-refractivity contribution is 5.95. The third-order valence-corrected chi connectivity index (χ3v) is 2.57. The molecule has 0 saturated heterocycles. The van der Waals surface area contributed by atoms with Gasteiger partial charge in [0.1, 0.15) is 0 Å². The number of benzene rings is 1. The van der Waals surface area contributed by atoms with Crippen molar-refractivity contribution < 1.29 is 14.6 Å². The van der Waals surface area contributed by atoms with E-state index in [1.807, 2.05) is 25.1 Å². The van der Waals surface area contributed by atoms with Crippen molar-refractivity contribution in [2.24, 2.45) is 0 Å². The van der Waals surface area contributed by atoms with E-state index < -0.39 is 0 Å². The van der Waals surface area contributed by atoms with Gasteiger partial charge >= 0.3 is 0 Å². The van der Waals surface area contributed by atoms with Crippen LogP contribution in [-0.2, 0) is 4.74 Å². The summed E-state index contributed by atoms with van der Waals surface area (Å²) in [5.74, 6) is -0.126. The Bertz CT molecular complexity index is 359. The molecule has 0 aliphatic rings. The van der Waals surface area contributed by atoms with Gasteiger partial charge in [-0.1, -0.05) is 18.2 Å². The van der Waals surface area contributed by atoms with Crippen molar-refractivity contribution in [1.29, 1.82) is 0 Å². The van der Waals surface area contributed by atoms with Crippen LogP contribution in [-0.4, -0.2) is 37.4 Å². The van der Waals surface area contributed by atoms with Crippen LogP contribution in [0.25, 0.3) is 0 Å². The van der Waals surface area contributed by atoms with Gasteiger partial charge in [0.05, 0.1) is 12.6 Å². The van der Waals surface area contributed by atoms with Gasteiger partial charge in [-0.3, -0.25) is 4.79 Å². The Kier molecular flexibility index (Phi) is 5.66. The molecule has 1 amide bonds. The van der Waals surface area contributed by atoms with Crippen LogP contribution < -0.4 is 5.32 Å². The van der Waals surface area contributed by atoms with Crippen LogP contribution in [0.4, 0.5) is 0 Å². The maximum absolute atomic E-state index is 12.0. The molecule has 0 radical (unpaired) electrons. The predicted molar refractivity (Wildman–Crippen MR) is 66.0 cm³/mol. The molecule has 0 aromatic heterocycles. The van der Waals surface area contributed by atoms with Gasteiger partial charge in [-0.05, 0) is 25.0 Å². The average molecular weight is 237 g/mol. The highest BCUT2D eigenvalue weighted by atomic mass is 16.5. The maximum Gasteiger partial charge on any atom is 0.251 e. The number of methoxy groups -OCH3 is 1. The monoisotopic (exact) mass is 237 g/mol. The van der Waals surface area contributed by atoms with Crippen LogP contribution in [0.5, 0.6) is 0 Å². The van der Waals surface area contributed by atoms with Gasteiger partial charge in [0.25, 0.3) is 5.91 Å². The van der Waals surface area contributed by atoms with Gasteiger partial charge < -0.3 is 15.2 Å². The van der Waals surface area contributed by atoms with Crippen molar-refractivity contribution in [1.82, 2.24) is 5.32 Å². The number of aryl methyl sites for hydroxylation is 1. The minimum absolute atomic E-state index is 0.0298. The molecule has 4 heteroatoms. The average Bonchev–Trinajstić information content (AvgIpc) is 2.30. The summed E-state index contributed by atoms with van der Waals surface area (Å²) in [6, 6.07) is 7.25. The maximum atomic E-state index is 12.0. The molecule has 17 heavy (non-hydrogen) atoms. The molecule has 1 atom stereocenters. The lowest BCUT2D eigenvalue weighted by Gasteiger charge is -2.17. The Hall–Kier alpha value is -1.39. The predicted octanol–water partition coefficient (Wildman–Crippen LogP) is 1.12. The van der Waals surface area contributed by atoms with E-state index in [0.29, 0.717) is 18.6 Å². The quantitative estimate of drug-likeness (QED) is 0.779. The van der Waals surface area contributed by atoms with E-state index in [1.165, 1.54) is 0 Å². The number of aliphatic hydroxyl groups excluding tert-OH is 1. The van der Waals surface area contributed by atoms with Crippen LogP contribution in [0.1, 0.15) is 22.3 Å². The third kappa shape index (κ3) is 4.17. The molecule has 1 rings (SSSR count). The molecule has 1 unspecified atom stereocenters. The Morgan fingerprint density at radius 1 is 1.47 bits per heavy atom. The zero-order valence-electron chi connectivity index (χ0n) is 10.3. The molecule has 94 valence electrons. The summed E-state index contributed by atoms with van der Waals surface area (Å²) in [5.41, 5.74) is 1.59. The number of rotatable bonds is 6. The summed E-state index contributed by atoms with van der Waals surface area (Å²) in [6.45, 7) is 2.33. The fourth-order valence-corrected chi connectivity index (χ4v) is 1.65. The van der Waals surface area contributed by atoms with E-state index >= 15 is 0 Å². The van der Waals surface area contributed by atoms with Gasteiger partial charge in [-0.25, -0.2) is 0 Å². The molecular weight excluding hydrogens is 218 g/mol. The first-order valence-corrected chi connectivity index (χ1v) is 5.65. The minimum Gasteiger partial charge on any atom is -0.396 e. The summed E-state index contributed by atoms with van der Waals surface area (Å²) in [6.07, 6.45) is 0.492. The van der Waals surface area contributed by atoms with Gasteiger partial charge in [0.2, 0.25) is 0 Å². The van der Waals surface area contributed by atoms with Gasteiger partial charge in [-0.15, -0.1) is 0 Å². The molecule has 0 spiro atoms. The van der Waals surface area contributed by atoms with E-state index in [1.54, 1.807) is 13.2 Å². The number of hydrogen-bond donors (Lipinski definition) is 2. The fourth-order valence-electron chi connectivity index (χ4n) is 1.65. The fraction of sp³-hybridized carbons (Fsp3) is 0.462. The molecule has 2 N–H and O–H groups in total. The molecule has 0 fully saturated rings. The van der Waals surface area contributed by atoms with E-state index in [9.17, 15) is 4.79 Å². The number of aliphatic hydroxyl groups is 1. The number of amides is 1. The van der Waals surface area contributed by atoms with Crippen LogP contribution in [0, 0.1) is 6.92 Å². The molecule has 4 nitrogen and oxygen atoms in total. The first-order valence-electron chi connectivity index (χ1n) is 5.65. The molecule has 1 aromatic carbocycles. The van der Waals surface area contributed by atoms with E-state index in [2.05, 4.69) is 5.32 Å². The molecule has 1 aromatic rings.